The first-order valence-corrected chi connectivity index (χ1v) is 14.5. The maximum Gasteiger partial charge on any atom is 0.406 e. The maximum atomic E-state index is 13.5. The van der Waals surface area contributed by atoms with Gasteiger partial charge in [-0.05, 0) is 67.0 Å². The van der Waals surface area contributed by atoms with Crippen molar-refractivity contribution in [2.45, 2.75) is 51.2 Å². The van der Waals surface area contributed by atoms with Crippen molar-refractivity contribution in [1.29, 1.82) is 0 Å². The SMILES string of the molecule is CCc1cccc(-c2c(Cl)cccc2C(O)(CCCNC(=O)OC)C2CCCN(C(=O)c3ccc(CN)nc3)C2)c1. The van der Waals surface area contributed by atoms with Crippen LogP contribution in [-0.2, 0) is 23.3 Å². The molecule has 3 aromatic rings. The van der Waals surface area contributed by atoms with Gasteiger partial charge < -0.3 is 25.8 Å². The van der Waals surface area contributed by atoms with Crippen molar-refractivity contribution in [2.75, 3.05) is 26.7 Å². The molecule has 1 aromatic heterocycles. The zero-order valence-corrected chi connectivity index (χ0v) is 24.5. The number of nitrogens with one attached hydrogen (secondary N) is 1. The fourth-order valence-electron chi connectivity index (χ4n) is 5.71. The number of aliphatic hydroxyl groups is 1. The number of halogens is 1. The molecule has 0 radical (unpaired) electrons. The highest BCUT2D eigenvalue weighted by Crippen LogP contribution is 2.45. The highest BCUT2D eigenvalue weighted by Gasteiger charge is 2.43. The number of nitrogens with two attached hydrogens (primary N) is 1. The Labute approximate surface area is 246 Å². The highest BCUT2D eigenvalue weighted by molar-refractivity contribution is 6.33. The Morgan fingerprint density at radius 2 is 2.02 bits per heavy atom. The lowest BCUT2D eigenvalue weighted by Crippen LogP contribution is -2.48. The summed E-state index contributed by atoms with van der Waals surface area (Å²) in [5, 5.41) is 16.0. The van der Waals surface area contributed by atoms with E-state index in [1.54, 1.807) is 23.2 Å². The molecule has 0 spiro atoms. The van der Waals surface area contributed by atoms with E-state index in [4.69, 9.17) is 22.1 Å². The third-order valence-corrected chi connectivity index (χ3v) is 8.27. The molecular formula is C32H39ClN4O4. The minimum absolute atomic E-state index is 0.123. The largest absolute Gasteiger partial charge is 0.453 e. The standard InChI is InChI=1S/C32H39ClN4O4/c1-3-22-8-4-9-23(18-22)29-27(11-5-12-28(29)33)32(40,15-7-16-35-31(39)41-2)25-10-6-17-37(21-25)30(38)24-13-14-26(19-34)36-20-24/h4-5,8-9,11-14,18,20,25,40H,3,6-7,10,15-17,19,21,34H2,1-2H3,(H,35,39). The Morgan fingerprint density at radius 3 is 2.73 bits per heavy atom. The molecule has 218 valence electrons. The Hall–Kier alpha value is -3.46. The van der Waals surface area contributed by atoms with Gasteiger partial charge in [0.25, 0.3) is 5.91 Å². The number of nitrogens with zero attached hydrogens (tertiary/aromatic N) is 2. The number of likely N-dealkylation sites (tertiary alicyclic amines) is 1. The molecule has 9 heteroatoms. The quantitative estimate of drug-likeness (QED) is 0.281. The van der Waals surface area contributed by atoms with Crippen LogP contribution in [0.1, 0.15) is 59.8 Å². The van der Waals surface area contributed by atoms with Gasteiger partial charge >= 0.3 is 6.09 Å². The summed E-state index contributed by atoms with van der Waals surface area (Å²) in [5.74, 6) is -0.386. The lowest BCUT2D eigenvalue weighted by molar-refractivity contribution is -0.0563. The van der Waals surface area contributed by atoms with E-state index in [-0.39, 0.29) is 11.8 Å². The van der Waals surface area contributed by atoms with Crippen molar-refractivity contribution in [3.63, 3.8) is 0 Å². The van der Waals surface area contributed by atoms with Gasteiger partial charge in [-0.1, -0.05) is 54.9 Å². The molecule has 2 amide bonds. The van der Waals surface area contributed by atoms with Crippen LogP contribution in [0.4, 0.5) is 4.79 Å². The first kappa shape index (κ1) is 30.5. The topological polar surface area (TPSA) is 118 Å². The van der Waals surface area contributed by atoms with Gasteiger partial charge in [0, 0.05) is 48.9 Å². The second-order valence-electron chi connectivity index (χ2n) is 10.5. The Kier molecular flexibility index (Phi) is 10.4. The van der Waals surface area contributed by atoms with Crippen LogP contribution in [0.5, 0.6) is 0 Å². The monoisotopic (exact) mass is 578 g/mol. The number of rotatable bonds is 10. The van der Waals surface area contributed by atoms with Crippen molar-refractivity contribution in [1.82, 2.24) is 15.2 Å². The number of carbonyl (C=O) groups excluding carboxylic acids is 2. The number of aryl methyl sites for hydroxylation is 1. The average Bonchev–Trinajstić information content (AvgIpc) is 3.02. The van der Waals surface area contributed by atoms with E-state index in [0.29, 0.717) is 55.3 Å². The molecule has 1 saturated heterocycles. The zero-order valence-electron chi connectivity index (χ0n) is 23.7. The van der Waals surface area contributed by atoms with Gasteiger partial charge in [0.05, 0.1) is 24.0 Å². The van der Waals surface area contributed by atoms with Crippen molar-refractivity contribution in [3.8, 4) is 11.1 Å². The number of amides is 2. The lowest BCUT2D eigenvalue weighted by atomic mass is 9.72. The summed E-state index contributed by atoms with van der Waals surface area (Å²) in [5.41, 5.74) is 9.18. The zero-order chi connectivity index (χ0) is 29.4. The van der Waals surface area contributed by atoms with E-state index in [0.717, 1.165) is 36.0 Å². The second-order valence-corrected chi connectivity index (χ2v) is 10.9. The fourth-order valence-corrected chi connectivity index (χ4v) is 5.99. The Morgan fingerprint density at radius 1 is 1.22 bits per heavy atom. The number of pyridine rings is 1. The van der Waals surface area contributed by atoms with E-state index in [1.165, 1.54) is 12.7 Å². The summed E-state index contributed by atoms with van der Waals surface area (Å²) in [4.78, 5) is 31.2. The molecule has 41 heavy (non-hydrogen) atoms. The minimum Gasteiger partial charge on any atom is -0.453 e. The van der Waals surface area contributed by atoms with Crippen LogP contribution in [0.3, 0.4) is 0 Å². The van der Waals surface area contributed by atoms with Crippen LogP contribution in [0, 0.1) is 5.92 Å². The summed E-state index contributed by atoms with van der Waals surface area (Å²) in [6.45, 7) is 3.71. The van der Waals surface area contributed by atoms with Crippen molar-refractivity contribution in [3.05, 3.63) is 88.2 Å². The smallest absolute Gasteiger partial charge is 0.406 e. The molecule has 1 aliphatic rings. The molecule has 2 atom stereocenters. The Bertz CT molecular complexity index is 1350. The predicted octanol–water partition coefficient (Wildman–Crippen LogP) is 5.30. The third kappa shape index (κ3) is 7.07. The van der Waals surface area contributed by atoms with E-state index >= 15 is 0 Å². The van der Waals surface area contributed by atoms with E-state index in [9.17, 15) is 14.7 Å². The van der Waals surface area contributed by atoms with Crippen LogP contribution in [0.25, 0.3) is 11.1 Å². The molecule has 8 nitrogen and oxygen atoms in total. The molecule has 2 heterocycles. The number of ether oxygens (including phenoxy) is 1. The van der Waals surface area contributed by atoms with Gasteiger partial charge in [-0.25, -0.2) is 4.79 Å². The summed E-state index contributed by atoms with van der Waals surface area (Å²) in [6.07, 6.45) is 4.26. The summed E-state index contributed by atoms with van der Waals surface area (Å²) in [7, 11) is 1.32. The second kappa shape index (κ2) is 13.9. The highest BCUT2D eigenvalue weighted by atomic mass is 35.5. The van der Waals surface area contributed by atoms with Crippen LogP contribution in [0.15, 0.2) is 60.8 Å². The van der Waals surface area contributed by atoms with E-state index in [2.05, 4.69) is 29.4 Å². The molecule has 2 unspecified atom stereocenters. The van der Waals surface area contributed by atoms with Gasteiger partial charge in [-0.3, -0.25) is 9.78 Å². The maximum absolute atomic E-state index is 13.5. The number of aromatic nitrogens is 1. The molecule has 0 bridgehead atoms. The van der Waals surface area contributed by atoms with Crippen LogP contribution >= 0.6 is 11.6 Å². The molecule has 4 rings (SSSR count). The van der Waals surface area contributed by atoms with Gasteiger partial charge in [0.15, 0.2) is 0 Å². The number of carbonyl (C=O) groups is 2. The summed E-state index contributed by atoms with van der Waals surface area (Å²) >= 11 is 6.84. The van der Waals surface area contributed by atoms with Gasteiger partial charge in [-0.2, -0.15) is 0 Å². The fraction of sp³-hybridized carbons (Fsp3) is 0.406. The predicted molar refractivity (Wildman–Crippen MR) is 161 cm³/mol. The van der Waals surface area contributed by atoms with Crippen LogP contribution in [0.2, 0.25) is 5.02 Å². The van der Waals surface area contributed by atoms with Crippen LogP contribution in [-0.4, -0.2) is 53.7 Å². The van der Waals surface area contributed by atoms with Crippen molar-refractivity contribution >= 4 is 23.6 Å². The first-order chi connectivity index (χ1) is 19.8. The number of hydrogen-bond donors (Lipinski definition) is 3. The summed E-state index contributed by atoms with van der Waals surface area (Å²) in [6, 6.07) is 17.4. The van der Waals surface area contributed by atoms with Crippen LogP contribution < -0.4 is 11.1 Å². The minimum atomic E-state index is -1.32. The molecule has 0 saturated carbocycles. The molecule has 0 aliphatic carbocycles. The molecule has 2 aromatic carbocycles. The Balaban J connectivity index is 1.70. The molecular weight excluding hydrogens is 540 g/mol. The normalized spacial score (nSPS) is 16.6. The number of alkyl carbamates (subject to hydrolysis) is 1. The number of benzene rings is 2. The lowest BCUT2D eigenvalue weighted by Gasteiger charge is -2.44. The number of methoxy groups -OCH3 is 1. The van der Waals surface area contributed by atoms with Crippen molar-refractivity contribution < 1.29 is 19.4 Å². The van der Waals surface area contributed by atoms with Gasteiger partial charge in [0.2, 0.25) is 0 Å². The average molecular weight is 579 g/mol. The van der Waals surface area contributed by atoms with Gasteiger partial charge in [-0.15, -0.1) is 0 Å². The summed E-state index contributed by atoms with van der Waals surface area (Å²) < 4.78 is 4.71. The molecule has 4 N–H and O–H groups in total. The van der Waals surface area contributed by atoms with Gasteiger partial charge in [0.1, 0.15) is 0 Å². The third-order valence-electron chi connectivity index (χ3n) is 7.96. The molecule has 1 fully saturated rings. The van der Waals surface area contributed by atoms with E-state index in [1.807, 2.05) is 30.3 Å². The van der Waals surface area contributed by atoms with Crippen molar-refractivity contribution in [2.24, 2.45) is 11.7 Å². The molecule has 1 aliphatic heterocycles. The number of piperidine rings is 1. The number of hydrogen-bond acceptors (Lipinski definition) is 6. The van der Waals surface area contributed by atoms with E-state index < -0.39 is 11.7 Å². The first-order valence-electron chi connectivity index (χ1n) is 14.2.